The number of halogens is 1. The molecule has 1 N–H and O–H groups in total. The van der Waals surface area contributed by atoms with E-state index < -0.39 is 0 Å². The van der Waals surface area contributed by atoms with Crippen LogP contribution in [0.25, 0.3) is 0 Å². The Morgan fingerprint density at radius 2 is 1.83 bits per heavy atom. The number of rotatable bonds is 4. The third kappa shape index (κ3) is 2.59. The summed E-state index contributed by atoms with van der Waals surface area (Å²) in [4.78, 5) is 0. The van der Waals surface area contributed by atoms with Crippen LogP contribution in [-0.4, -0.2) is 6.54 Å². The van der Waals surface area contributed by atoms with Crippen molar-refractivity contribution in [3.63, 3.8) is 0 Å². The molecule has 0 amide bonds. The largest absolute Gasteiger partial charge is 0.312 e. The summed E-state index contributed by atoms with van der Waals surface area (Å²) >= 11 is 2.34. The topological polar surface area (TPSA) is 12.0 Å². The summed E-state index contributed by atoms with van der Waals surface area (Å²) in [6.45, 7) is 2.05. The lowest BCUT2D eigenvalue weighted by atomic mass is 9.77. The zero-order chi connectivity index (χ0) is 12.4. The third-order valence-electron chi connectivity index (χ3n) is 3.59. The van der Waals surface area contributed by atoms with Crippen LogP contribution < -0.4 is 5.32 Å². The minimum absolute atomic E-state index is 0.713. The van der Waals surface area contributed by atoms with Crippen LogP contribution in [0.2, 0.25) is 0 Å². The first kappa shape index (κ1) is 12.2. The molecule has 0 aliphatic heterocycles. The Hall–Kier alpha value is -0.870. The Morgan fingerprint density at radius 1 is 1.06 bits per heavy atom. The molecule has 3 rings (SSSR count). The van der Waals surface area contributed by atoms with E-state index in [0.29, 0.717) is 5.92 Å². The quantitative estimate of drug-likeness (QED) is 0.830. The van der Waals surface area contributed by atoms with Crippen LogP contribution in [0, 0.1) is 3.57 Å². The van der Waals surface area contributed by atoms with Gasteiger partial charge in [-0.1, -0.05) is 36.4 Å². The van der Waals surface area contributed by atoms with Gasteiger partial charge >= 0.3 is 0 Å². The van der Waals surface area contributed by atoms with E-state index in [4.69, 9.17) is 0 Å². The monoisotopic (exact) mass is 349 g/mol. The first-order valence-corrected chi connectivity index (χ1v) is 7.44. The molecular formula is C16H16IN. The van der Waals surface area contributed by atoms with Gasteiger partial charge in [0.1, 0.15) is 0 Å². The number of hydrogen-bond donors (Lipinski definition) is 1. The molecule has 2 heteroatoms. The molecule has 0 saturated heterocycles. The van der Waals surface area contributed by atoms with E-state index in [9.17, 15) is 0 Å². The summed E-state index contributed by atoms with van der Waals surface area (Å²) in [5.74, 6) is 0.713. The fourth-order valence-electron chi connectivity index (χ4n) is 2.54. The van der Waals surface area contributed by atoms with Crippen molar-refractivity contribution in [1.82, 2.24) is 5.32 Å². The van der Waals surface area contributed by atoms with Gasteiger partial charge in [-0.3, -0.25) is 0 Å². The Labute approximate surface area is 122 Å². The van der Waals surface area contributed by atoms with Crippen molar-refractivity contribution in [2.75, 3.05) is 6.54 Å². The SMILES string of the molecule is Ic1ccc(CNCC2Cc3ccccc32)cc1. The highest BCUT2D eigenvalue weighted by molar-refractivity contribution is 14.1. The first-order chi connectivity index (χ1) is 8.83. The second-order valence-corrected chi connectivity index (χ2v) is 6.10. The number of hydrogen-bond acceptors (Lipinski definition) is 1. The van der Waals surface area contributed by atoms with E-state index in [-0.39, 0.29) is 0 Å². The van der Waals surface area contributed by atoms with E-state index >= 15 is 0 Å². The molecule has 0 saturated carbocycles. The van der Waals surface area contributed by atoms with Crippen LogP contribution in [-0.2, 0) is 13.0 Å². The van der Waals surface area contributed by atoms with Crippen molar-refractivity contribution in [3.8, 4) is 0 Å². The molecule has 1 atom stereocenters. The van der Waals surface area contributed by atoms with Crippen LogP contribution in [0.1, 0.15) is 22.6 Å². The van der Waals surface area contributed by atoms with Crippen molar-refractivity contribution in [2.45, 2.75) is 18.9 Å². The molecule has 1 aliphatic rings. The highest BCUT2D eigenvalue weighted by Crippen LogP contribution is 2.33. The minimum atomic E-state index is 0.713. The Balaban J connectivity index is 1.51. The molecular weight excluding hydrogens is 333 g/mol. The van der Waals surface area contributed by atoms with Crippen LogP contribution in [0.5, 0.6) is 0 Å². The van der Waals surface area contributed by atoms with Gasteiger partial charge < -0.3 is 5.32 Å². The van der Waals surface area contributed by atoms with Gasteiger partial charge in [-0.15, -0.1) is 0 Å². The van der Waals surface area contributed by atoms with Gasteiger partial charge in [0.15, 0.2) is 0 Å². The molecule has 1 aliphatic carbocycles. The average molecular weight is 349 g/mol. The molecule has 18 heavy (non-hydrogen) atoms. The molecule has 2 aromatic carbocycles. The lowest BCUT2D eigenvalue weighted by molar-refractivity contribution is 0.536. The number of benzene rings is 2. The van der Waals surface area contributed by atoms with Crippen molar-refractivity contribution in [2.24, 2.45) is 0 Å². The summed E-state index contributed by atoms with van der Waals surface area (Å²) in [5.41, 5.74) is 4.43. The average Bonchev–Trinajstić information content (AvgIpc) is 2.37. The van der Waals surface area contributed by atoms with Gasteiger partial charge in [0.25, 0.3) is 0 Å². The van der Waals surface area contributed by atoms with Gasteiger partial charge in [-0.05, 0) is 57.8 Å². The standard InChI is InChI=1S/C16H16IN/c17-15-7-5-12(6-8-15)10-18-11-14-9-13-3-1-2-4-16(13)14/h1-8,14,18H,9-11H2. The fourth-order valence-corrected chi connectivity index (χ4v) is 2.90. The molecule has 92 valence electrons. The smallest absolute Gasteiger partial charge is 0.0205 e. The third-order valence-corrected chi connectivity index (χ3v) is 4.31. The van der Waals surface area contributed by atoms with E-state index in [2.05, 4.69) is 76.4 Å². The highest BCUT2D eigenvalue weighted by Gasteiger charge is 2.24. The number of nitrogens with one attached hydrogen (secondary N) is 1. The summed E-state index contributed by atoms with van der Waals surface area (Å²) in [6.07, 6.45) is 1.23. The molecule has 0 fully saturated rings. The first-order valence-electron chi connectivity index (χ1n) is 6.36. The van der Waals surface area contributed by atoms with Crippen LogP contribution in [0.15, 0.2) is 48.5 Å². The zero-order valence-electron chi connectivity index (χ0n) is 10.2. The lowest BCUT2D eigenvalue weighted by Gasteiger charge is -2.30. The number of fused-ring (bicyclic) bond motifs is 1. The second kappa shape index (κ2) is 5.41. The van der Waals surface area contributed by atoms with Crippen molar-refractivity contribution >= 4 is 22.6 Å². The van der Waals surface area contributed by atoms with Crippen molar-refractivity contribution in [1.29, 1.82) is 0 Å². The van der Waals surface area contributed by atoms with E-state index in [0.717, 1.165) is 13.1 Å². The zero-order valence-corrected chi connectivity index (χ0v) is 12.4. The molecule has 0 radical (unpaired) electrons. The molecule has 0 bridgehead atoms. The molecule has 0 spiro atoms. The lowest BCUT2D eigenvalue weighted by Crippen LogP contribution is -2.28. The van der Waals surface area contributed by atoms with Crippen molar-refractivity contribution in [3.05, 3.63) is 68.8 Å². The Bertz CT molecular complexity index is 533. The normalized spacial score (nSPS) is 17.1. The fraction of sp³-hybridized carbons (Fsp3) is 0.250. The molecule has 0 heterocycles. The predicted molar refractivity (Wildman–Crippen MR) is 83.8 cm³/mol. The van der Waals surface area contributed by atoms with Gasteiger partial charge in [-0.2, -0.15) is 0 Å². The summed E-state index contributed by atoms with van der Waals surface area (Å²) in [5, 5.41) is 3.56. The predicted octanol–water partition coefficient (Wildman–Crippen LogP) is 3.72. The van der Waals surface area contributed by atoms with Gasteiger partial charge in [-0.25, -0.2) is 0 Å². The van der Waals surface area contributed by atoms with Gasteiger partial charge in [0, 0.05) is 22.6 Å². The molecule has 0 aromatic heterocycles. The van der Waals surface area contributed by atoms with Crippen LogP contribution in [0.4, 0.5) is 0 Å². The Kier molecular flexibility index (Phi) is 3.66. The van der Waals surface area contributed by atoms with Crippen LogP contribution >= 0.6 is 22.6 Å². The summed E-state index contributed by atoms with van der Waals surface area (Å²) in [7, 11) is 0. The minimum Gasteiger partial charge on any atom is -0.312 e. The van der Waals surface area contributed by atoms with Gasteiger partial charge in [0.2, 0.25) is 0 Å². The van der Waals surface area contributed by atoms with E-state index in [1.165, 1.54) is 26.7 Å². The van der Waals surface area contributed by atoms with Crippen LogP contribution in [0.3, 0.4) is 0 Å². The molecule has 1 unspecified atom stereocenters. The van der Waals surface area contributed by atoms with Crippen molar-refractivity contribution < 1.29 is 0 Å². The Morgan fingerprint density at radius 3 is 2.61 bits per heavy atom. The molecule has 2 aromatic rings. The summed E-state index contributed by atoms with van der Waals surface area (Å²) < 4.78 is 1.30. The van der Waals surface area contributed by atoms with Gasteiger partial charge in [0.05, 0.1) is 0 Å². The van der Waals surface area contributed by atoms with E-state index in [1.54, 1.807) is 0 Å². The highest BCUT2D eigenvalue weighted by atomic mass is 127. The summed E-state index contributed by atoms with van der Waals surface area (Å²) in [6, 6.07) is 17.5. The van der Waals surface area contributed by atoms with E-state index in [1.807, 2.05) is 0 Å². The maximum Gasteiger partial charge on any atom is 0.0205 e. The molecule has 1 nitrogen and oxygen atoms in total. The maximum atomic E-state index is 3.56. The second-order valence-electron chi connectivity index (χ2n) is 4.86. The maximum absolute atomic E-state index is 3.56.